The standard InChI is InChI=1S/C39H26N2OS/c1-39(2)30-14-6-9-17-33(30)40(34-18-10-7-15-31(34)39)37-26-13-4-3-12-25(26)36(42-37)23-21-28-24-11-5-8-16-32(24)41-35(28)29(22-23)27-19-20-43-38(27)41/h3-22H,1-2H3. The van der Waals surface area contributed by atoms with Crippen molar-refractivity contribution in [1.29, 1.82) is 0 Å². The van der Waals surface area contributed by atoms with Gasteiger partial charge in [0.1, 0.15) is 10.6 Å². The Morgan fingerprint density at radius 3 is 1.95 bits per heavy atom. The SMILES string of the molecule is CC1(C)c2ccccc2N(c2oc(-c3cc4c5ccccc5n5c6sccc6c(c3)c45)c3ccccc23)c2ccccc21. The van der Waals surface area contributed by atoms with Gasteiger partial charge in [0.25, 0.3) is 0 Å². The van der Waals surface area contributed by atoms with Gasteiger partial charge in [-0.3, -0.25) is 9.30 Å². The number of fused-ring (bicyclic) bond motifs is 9. The third-order valence-corrected chi connectivity index (χ3v) is 10.5. The number of aromatic nitrogens is 1. The second-order valence-electron chi connectivity index (χ2n) is 12.2. The first-order valence-electron chi connectivity index (χ1n) is 14.8. The quantitative estimate of drug-likeness (QED) is 0.206. The molecule has 0 fully saturated rings. The van der Waals surface area contributed by atoms with Gasteiger partial charge in [0.2, 0.25) is 5.88 Å². The van der Waals surface area contributed by atoms with Crippen molar-refractivity contribution in [2.24, 2.45) is 0 Å². The van der Waals surface area contributed by atoms with E-state index >= 15 is 0 Å². The lowest BCUT2D eigenvalue weighted by molar-refractivity contribution is 0.581. The molecule has 3 nitrogen and oxygen atoms in total. The first-order chi connectivity index (χ1) is 21.1. The Balaban J connectivity index is 1.30. The number of hydrogen-bond acceptors (Lipinski definition) is 3. The molecule has 204 valence electrons. The second-order valence-corrected chi connectivity index (χ2v) is 13.1. The van der Waals surface area contributed by atoms with E-state index in [0.29, 0.717) is 0 Å². The maximum Gasteiger partial charge on any atom is 0.213 e. The molecule has 0 unspecified atom stereocenters. The molecule has 5 heterocycles. The summed E-state index contributed by atoms with van der Waals surface area (Å²) >= 11 is 1.81. The largest absolute Gasteiger partial charge is 0.438 e. The number of furan rings is 1. The molecule has 0 spiro atoms. The highest BCUT2D eigenvalue weighted by Crippen LogP contribution is 2.54. The van der Waals surface area contributed by atoms with E-state index < -0.39 is 0 Å². The summed E-state index contributed by atoms with van der Waals surface area (Å²) in [5, 5.41) is 9.55. The monoisotopic (exact) mass is 570 g/mol. The average molecular weight is 571 g/mol. The van der Waals surface area contributed by atoms with Gasteiger partial charge in [-0.25, -0.2) is 0 Å². The topological polar surface area (TPSA) is 20.8 Å². The lowest BCUT2D eigenvalue weighted by atomic mass is 9.73. The van der Waals surface area contributed by atoms with Gasteiger partial charge in [0.15, 0.2) is 0 Å². The molecule has 0 bridgehead atoms. The third-order valence-electron chi connectivity index (χ3n) is 9.61. The van der Waals surface area contributed by atoms with Crippen LogP contribution in [0.5, 0.6) is 0 Å². The van der Waals surface area contributed by atoms with Crippen molar-refractivity contribution in [3.8, 4) is 11.3 Å². The summed E-state index contributed by atoms with van der Waals surface area (Å²) in [6.07, 6.45) is 0. The maximum atomic E-state index is 7.12. The van der Waals surface area contributed by atoms with Crippen molar-refractivity contribution in [1.82, 2.24) is 4.40 Å². The summed E-state index contributed by atoms with van der Waals surface area (Å²) in [5.41, 5.74) is 8.44. The zero-order chi connectivity index (χ0) is 28.4. The van der Waals surface area contributed by atoms with E-state index in [-0.39, 0.29) is 5.41 Å². The summed E-state index contributed by atoms with van der Waals surface area (Å²) in [6, 6.07) is 41.8. The maximum absolute atomic E-state index is 7.12. The van der Waals surface area contributed by atoms with Crippen LogP contribution in [0.3, 0.4) is 0 Å². The number of benzene rings is 5. The molecule has 0 N–H and O–H groups in total. The molecular formula is C39H26N2OS. The van der Waals surface area contributed by atoms with Gasteiger partial charge < -0.3 is 4.42 Å². The molecule has 1 aliphatic heterocycles. The fourth-order valence-corrected chi connectivity index (χ4v) is 8.60. The van der Waals surface area contributed by atoms with E-state index in [1.54, 1.807) is 0 Å². The number of para-hydroxylation sites is 3. The third kappa shape index (κ3) is 2.89. The Bertz CT molecular complexity index is 2510. The number of nitrogens with zero attached hydrogens (tertiary/aromatic N) is 2. The summed E-state index contributed by atoms with van der Waals surface area (Å²) in [4.78, 5) is 3.63. The lowest BCUT2D eigenvalue weighted by Crippen LogP contribution is -2.30. The molecule has 0 amide bonds. The Kier molecular flexibility index (Phi) is 4.40. The molecule has 0 aliphatic carbocycles. The predicted molar refractivity (Wildman–Crippen MR) is 181 cm³/mol. The summed E-state index contributed by atoms with van der Waals surface area (Å²) in [7, 11) is 0. The minimum atomic E-state index is -0.128. The Hall–Kier alpha value is -5.06. The molecule has 0 radical (unpaired) electrons. The Morgan fingerprint density at radius 2 is 1.21 bits per heavy atom. The van der Waals surface area contributed by atoms with Gasteiger partial charge in [-0.05, 0) is 59.0 Å². The van der Waals surface area contributed by atoms with Gasteiger partial charge in [-0.15, -0.1) is 11.3 Å². The van der Waals surface area contributed by atoms with Gasteiger partial charge in [0.05, 0.1) is 22.4 Å². The van der Waals surface area contributed by atoms with Gasteiger partial charge in [-0.2, -0.15) is 0 Å². The zero-order valence-electron chi connectivity index (χ0n) is 23.8. The number of anilines is 3. The van der Waals surface area contributed by atoms with Crippen LogP contribution in [0.2, 0.25) is 0 Å². The molecule has 0 saturated carbocycles. The minimum absolute atomic E-state index is 0.128. The second kappa shape index (κ2) is 8.06. The van der Waals surface area contributed by atoms with E-state index in [9.17, 15) is 0 Å². The molecule has 0 atom stereocenters. The Morgan fingerprint density at radius 1 is 0.605 bits per heavy atom. The van der Waals surface area contributed by atoms with Crippen LogP contribution in [0.4, 0.5) is 17.3 Å². The van der Waals surface area contributed by atoms with Gasteiger partial charge in [0, 0.05) is 43.3 Å². The van der Waals surface area contributed by atoms with E-state index in [0.717, 1.165) is 39.4 Å². The Labute approximate surface area is 252 Å². The van der Waals surface area contributed by atoms with E-state index in [2.05, 4.69) is 144 Å². The average Bonchev–Trinajstić information content (AvgIpc) is 3.80. The van der Waals surface area contributed by atoms with Crippen molar-refractivity contribution < 1.29 is 4.42 Å². The van der Waals surface area contributed by atoms with Crippen molar-refractivity contribution in [3.63, 3.8) is 0 Å². The highest BCUT2D eigenvalue weighted by molar-refractivity contribution is 7.17. The van der Waals surface area contributed by atoms with Gasteiger partial charge >= 0.3 is 0 Å². The molecular weight excluding hydrogens is 545 g/mol. The minimum Gasteiger partial charge on any atom is -0.438 e. The summed E-state index contributed by atoms with van der Waals surface area (Å²) in [6.45, 7) is 4.64. The van der Waals surface area contributed by atoms with Crippen LogP contribution in [0.1, 0.15) is 25.0 Å². The first kappa shape index (κ1) is 23.5. The van der Waals surface area contributed by atoms with E-state index in [1.807, 2.05) is 11.3 Å². The van der Waals surface area contributed by atoms with Crippen LogP contribution in [-0.4, -0.2) is 4.40 Å². The van der Waals surface area contributed by atoms with Crippen LogP contribution >= 0.6 is 11.3 Å². The molecule has 5 aromatic carbocycles. The van der Waals surface area contributed by atoms with Crippen LogP contribution in [-0.2, 0) is 5.41 Å². The molecule has 10 rings (SSSR count). The smallest absolute Gasteiger partial charge is 0.213 e. The number of thiophene rings is 1. The number of hydrogen-bond donors (Lipinski definition) is 0. The lowest BCUT2D eigenvalue weighted by Gasteiger charge is -2.40. The fourth-order valence-electron chi connectivity index (χ4n) is 7.67. The predicted octanol–water partition coefficient (Wildman–Crippen LogP) is 11.4. The zero-order valence-corrected chi connectivity index (χ0v) is 24.6. The molecule has 43 heavy (non-hydrogen) atoms. The molecule has 1 aliphatic rings. The molecule has 4 aromatic heterocycles. The molecule has 9 aromatic rings. The summed E-state index contributed by atoms with van der Waals surface area (Å²) < 4.78 is 9.56. The van der Waals surface area contributed by atoms with Crippen molar-refractivity contribution in [3.05, 3.63) is 132 Å². The van der Waals surface area contributed by atoms with Crippen molar-refractivity contribution in [2.75, 3.05) is 4.90 Å². The highest BCUT2D eigenvalue weighted by atomic mass is 32.1. The highest BCUT2D eigenvalue weighted by Gasteiger charge is 2.38. The van der Waals surface area contributed by atoms with E-state index in [4.69, 9.17) is 4.42 Å². The van der Waals surface area contributed by atoms with Crippen LogP contribution in [0.15, 0.2) is 125 Å². The van der Waals surface area contributed by atoms with Crippen LogP contribution in [0.25, 0.3) is 59.5 Å². The fraction of sp³-hybridized carbons (Fsp3) is 0.0769. The molecule has 4 heteroatoms. The van der Waals surface area contributed by atoms with Crippen molar-refractivity contribution >= 4 is 76.8 Å². The molecule has 0 saturated heterocycles. The number of rotatable bonds is 2. The van der Waals surface area contributed by atoms with Crippen molar-refractivity contribution in [2.45, 2.75) is 19.3 Å². The van der Waals surface area contributed by atoms with Crippen LogP contribution < -0.4 is 4.90 Å². The van der Waals surface area contributed by atoms with Gasteiger partial charge in [-0.1, -0.05) is 86.6 Å². The van der Waals surface area contributed by atoms with Crippen LogP contribution in [0, 0.1) is 0 Å². The first-order valence-corrected chi connectivity index (χ1v) is 15.7. The summed E-state index contributed by atoms with van der Waals surface area (Å²) in [5.74, 6) is 1.76. The normalized spacial score (nSPS) is 14.4. The van der Waals surface area contributed by atoms with E-state index in [1.165, 1.54) is 48.5 Å².